The summed E-state index contributed by atoms with van der Waals surface area (Å²) in [5.41, 5.74) is 0.288. The van der Waals surface area contributed by atoms with Crippen LogP contribution in [0.25, 0.3) is 0 Å². The second kappa shape index (κ2) is 8.14. The first-order valence-electron chi connectivity index (χ1n) is 8.06. The Balaban J connectivity index is 2.20. The lowest BCUT2D eigenvalue weighted by atomic mass is 9.86. The molecule has 1 amide bonds. The maximum atomic E-state index is 12.5. The molecule has 0 radical (unpaired) electrons. The molecule has 0 bridgehead atoms. The second-order valence-electron chi connectivity index (χ2n) is 6.13. The average molecular weight is 371 g/mol. The third-order valence-corrected chi connectivity index (χ3v) is 6.23. The van der Waals surface area contributed by atoms with Gasteiger partial charge < -0.3 is 5.32 Å². The topological polar surface area (TPSA) is 75.3 Å². The number of halogens is 1. The van der Waals surface area contributed by atoms with Crippen LogP contribution in [-0.4, -0.2) is 26.9 Å². The first-order chi connectivity index (χ1) is 11.3. The van der Waals surface area contributed by atoms with Crippen molar-refractivity contribution in [3.05, 3.63) is 41.4 Å². The maximum absolute atomic E-state index is 12.5. The lowest BCUT2D eigenvalue weighted by Gasteiger charge is -2.29. The standard InChI is InChI=1S/C17H23ClN2O3S/c1-3-10-19-24(22,23)16-11-13(8-9-14(16)18)17(21)20-15-7-5-4-6-12(15)2/h3,8-9,11-12,15,19H,1,4-7,10H2,2H3,(H,20,21)/t12-,15+/m0/s1. The Kier molecular flexibility index (Phi) is 6.43. The second-order valence-corrected chi connectivity index (χ2v) is 8.27. The fourth-order valence-corrected chi connectivity index (χ4v) is 4.40. The smallest absolute Gasteiger partial charge is 0.251 e. The van der Waals surface area contributed by atoms with E-state index in [9.17, 15) is 13.2 Å². The summed E-state index contributed by atoms with van der Waals surface area (Å²) in [4.78, 5) is 12.4. The molecule has 1 aliphatic carbocycles. The van der Waals surface area contributed by atoms with Crippen molar-refractivity contribution in [1.82, 2.24) is 10.0 Å². The molecule has 0 heterocycles. The van der Waals surface area contributed by atoms with Crippen molar-refractivity contribution in [3.63, 3.8) is 0 Å². The van der Waals surface area contributed by atoms with E-state index in [0.29, 0.717) is 5.92 Å². The predicted octanol–water partition coefficient (Wildman–Crippen LogP) is 3.11. The van der Waals surface area contributed by atoms with Gasteiger partial charge >= 0.3 is 0 Å². The molecule has 2 atom stereocenters. The summed E-state index contributed by atoms with van der Waals surface area (Å²) in [5, 5.41) is 3.09. The molecule has 2 N–H and O–H groups in total. The molecular formula is C17H23ClN2O3S. The molecule has 1 fully saturated rings. The zero-order chi connectivity index (χ0) is 17.7. The number of hydrogen-bond acceptors (Lipinski definition) is 3. The van der Waals surface area contributed by atoms with E-state index < -0.39 is 10.0 Å². The van der Waals surface area contributed by atoms with Gasteiger partial charge in [0.1, 0.15) is 4.90 Å². The van der Waals surface area contributed by atoms with Gasteiger partial charge in [-0.1, -0.05) is 37.4 Å². The van der Waals surface area contributed by atoms with E-state index in [1.165, 1.54) is 30.7 Å². The number of sulfonamides is 1. The molecule has 7 heteroatoms. The van der Waals surface area contributed by atoms with Crippen LogP contribution in [0.4, 0.5) is 0 Å². The van der Waals surface area contributed by atoms with Crippen LogP contribution in [0.15, 0.2) is 35.7 Å². The van der Waals surface area contributed by atoms with E-state index in [0.717, 1.165) is 19.3 Å². The Hall–Kier alpha value is -1.37. The normalized spacial score (nSPS) is 21.2. The van der Waals surface area contributed by atoms with Crippen LogP contribution in [0.2, 0.25) is 5.02 Å². The van der Waals surface area contributed by atoms with Crippen LogP contribution in [0.3, 0.4) is 0 Å². The highest BCUT2D eigenvalue weighted by Gasteiger charge is 2.24. The largest absolute Gasteiger partial charge is 0.349 e. The summed E-state index contributed by atoms with van der Waals surface area (Å²) in [6.45, 7) is 5.69. The Morgan fingerprint density at radius 1 is 1.38 bits per heavy atom. The van der Waals surface area contributed by atoms with Gasteiger partial charge in [-0.3, -0.25) is 4.79 Å². The summed E-state index contributed by atoms with van der Waals surface area (Å²) >= 11 is 6.00. The molecule has 24 heavy (non-hydrogen) atoms. The Morgan fingerprint density at radius 3 is 2.75 bits per heavy atom. The molecule has 0 aromatic heterocycles. The van der Waals surface area contributed by atoms with Crippen LogP contribution in [0.1, 0.15) is 43.0 Å². The number of amides is 1. The molecule has 0 unspecified atom stereocenters. The number of carbonyl (C=O) groups excluding carboxylic acids is 1. The quantitative estimate of drug-likeness (QED) is 0.755. The molecule has 1 aromatic carbocycles. The highest BCUT2D eigenvalue weighted by atomic mass is 35.5. The monoisotopic (exact) mass is 370 g/mol. The van der Waals surface area contributed by atoms with Gasteiger partial charge in [0.05, 0.1) is 5.02 Å². The van der Waals surface area contributed by atoms with E-state index >= 15 is 0 Å². The number of benzene rings is 1. The van der Waals surface area contributed by atoms with E-state index in [4.69, 9.17) is 11.6 Å². The highest BCUT2D eigenvalue weighted by molar-refractivity contribution is 7.89. The molecule has 0 spiro atoms. The van der Waals surface area contributed by atoms with Crippen molar-refractivity contribution in [2.45, 2.75) is 43.5 Å². The molecule has 1 aromatic rings. The molecule has 1 saturated carbocycles. The molecular weight excluding hydrogens is 348 g/mol. The number of hydrogen-bond donors (Lipinski definition) is 2. The van der Waals surface area contributed by atoms with Gasteiger partial charge in [0.2, 0.25) is 10.0 Å². The summed E-state index contributed by atoms with van der Waals surface area (Å²) in [6.07, 6.45) is 5.77. The molecule has 0 saturated heterocycles. The SMILES string of the molecule is C=CCNS(=O)(=O)c1cc(C(=O)N[C@@H]2CCCC[C@@H]2C)ccc1Cl. The van der Waals surface area contributed by atoms with Gasteiger partial charge in [-0.15, -0.1) is 6.58 Å². The third-order valence-electron chi connectivity index (χ3n) is 4.33. The fraction of sp³-hybridized carbons (Fsp3) is 0.471. The Labute approximate surface area is 148 Å². The zero-order valence-electron chi connectivity index (χ0n) is 13.7. The van der Waals surface area contributed by atoms with Crippen molar-refractivity contribution < 1.29 is 13.2 Å². The fourth-order valence-electron chi connectivity index (χ4n) is 2.88. The lowest BCUT2D eigenvalue weighted by molar-refractivity contribution is 0.0910. The lowest BCUT2D eigenvalue weighted by Crippen LogP contribution is -2.41. The van der Waals surface area contributed by atoms with Gasteiger partial charge in [0, 0.05) is 18.2 Å². The van der Waals surface area contributed by atoms with Crippen molar-refractivity contribution >= 4 is 27.5 Å². The van der Waals surface area contributed by atoms with E-state index in [1.54, 1.807) is 0 Å². The Bertz CT molecular complexity index is 719. The van der Waals surface area contributed by atoms with Crippen molar-refractivity contribution in [3.8, 4) is 0 Å². The van der Waals surface area contributed by atoms with Crippen LogP contribution in [0, 0.1) is 5.92 Å². The van der Waals surface area contributed by atoms with Gasteiger partial charge in [-0.05, 0) is 37.0 Å². The summed E-state index contributed by atoms with van der Waals surface area (Å²) < 4.78 is 26.9. The van der Waals surface area contributed by atoms with Gasteiger partial charge in [0.15, 0.2) is 0 Å². The Morgan fingerprint density at radius 2 is 2.08 bits per heavy atom. The number of nitrogens with one attached hydrogen (secondary N) is 2. The average Bonchev–Trinajstić information content (AvgIpc) is 2.55. The number of rotatable bonds is 6. The van der Waals surface area contributed by atoms with Crippen molar-refractivity contribution in [2.75, 3.05) is 6.54 Å². The minimum atomic E-state index is -3.79. The summed E-state index contributed by atoms with van der Waals surface area (Å²) in [5.74, 6) is 0.151. The van der Waals surface area contributed by atoms with Crippen LogP contribution in [0.5, 0.6) is 0 Å². The van der Waals surface area contributed by atoms with Crippen LogP contribution in [-0.2, 0) is 10.0 Å². The molecule has 5 nitrogen and oxygen atoms in total. The predicted molar refractivity (Wildman–Crippen MR) is 95.7 cm³/mol. The molecule has 1 aliphatic rings. The van der Waals surface area contributed by atoms with Crippen molar-refractivity contribution in [2.24, 2.45) is 5.92 Å². The van der Waals surface area contributed by atoms with E-state index in [1.807, 2.05) is 0 Å². The van der Waals surface area contributed by atoms with Crippen LogP contribution >= 0.6 is 11.6 Å². The molecule has 2 rings (SSSR count). The van der Waals surface area contributed by atoms with E-state index in [-0.39, 0.29) is 34.0 Å². The third kappa shape index (κ3) is 4.59. The minimum Gasteiger partial charge on any atom is -0.349 e. The van der Waals surface area contributed by atoms with Crippen LogP contribution < -0.4 is 10.0 Å². The van der Waals surface area contributed by atoms with Crippen molar-refractivity contribution in [1.29, 1.82) is 0 Å². The van der Waals surface area contributed by atoms with Gasteiger partial charge in [-0.2, -0.15) is 0 Å². The molecule has 0 aliphatic heterocycles. The first kappa shape index (κ1) is 19.0. The van der Waals surface area contributed by atoms with Gasteiger partial charge in [-0.25, -0.2) is 13.1 Å². The zero-order valence-corrected chi connectivity index (χ0v) is 15.3. The minimum absolute atomic E-state index is 0.0779. The summed E-state index contributed by atoms with van der Waals surface area (Å²) in [7, 11) is -3.79. The maximum Gasteiger partial charge on any atom is 0.251 e. The number of carbonyl (C=O) groups is 1. The summed E-state index contributed by atoms with van der Waals surface area (Å²) in [6, 6.07) is 4.42. The highest BCUT2D eigenvalue weighted by Crippen LogP contribution is 2.25. The van der Waals surface area contributed by atoms with E-state index in [2.05, 4.69) is 23.5 Å². The first-order valence-corrected chi connectivity index (χ1v) is 9.92. The van der Waals surface area contributed by atoms with Gasteiger partial charge in [0.25, 0.3) is 5.91 Å². The molecule has 132 valence electrons.